The van der Waals surface area contributed by atoms with E-state index in [0.717, 1.165) is 10.3 Å². The van der Waals surface area contributed by atoms with Gasteiger partial charge in [0.05, 0.1) is 18.9 Å². The average molecular weight is 287 g/mol. The molecule has 0 radical (unpaired) electrons. The van der Waals surface area contributed by atoms with E-state index >= 15 is 0 Å². The third kappa shape index (κ3) is 2.73. The maximum Gasteiger partial charge on any atom is 0.265 e. The second kappa shape index (κ2) is 4.74. The van der Waals surface area contributed by atoms with Crippen LogP contribution in [0.25, 0.3) is 0 Å². The molecule has 0 saturated heterocycles. The monoisotopic (exact) mass is 287 g/mol. The molecule has 1 aromatic heterocycles. The zero-order valence-corrected chi connectivity index (χ0v) is 11.6. The molecule has 1 aromatic rings. The van der Waals surface area contributed by atoms with Crippen molar-refractivity contribution in [2.24, 2.45) is 0 Å². The topological polar surface area (TPSA) is 72.5 Å². The molecule has 7 heteroatoms. The quantitative estimate of drug-likeness (QED) is 0.903. The summed E-state index contributed by atoms with van der Waals surface area (Å²) in [5.74, 6) is 0.127. The van der Waals surface area contributed by atoms with Crippen LogP contribution in [-0.2, 0) is 9.84 Å². The first kappa shape index (κ1) is 13.1. The van der Waals surface area contributed by atoms with Gasteiger partial charge in [0.1, 0.15) is 10.6 Å². The van der Waals surface area contributed by atoms with E-state index in [2.05, 4.69) is 5.32 Å². The predicted molar refractivity (Wildman–Crippen MR) is 69.8 cm³/mol. The van der Waals surface area contributed by atoms with Crippen LogP contribution in [0.4, 0.5) is 0 Å². The summed E-state index contributed by atoms with van der Waals surface area (Å²) in [6.07, 6.45) is 1.49. The SMILES string of the molecule is COc1cc(C)sc1C(=O)N[C@H]1C=CS(=O)(=O)C1. The Morgan fingerprint density at radius 1 is 1.56 bits per heavy atom. The average Bonchev–Trinajstić information content (AvgIpc) is 2.81. The van der Waals surface area contributed by atoms with Crippen LogP contribution in [0.5, 0.6) is 5.75 Å². The minimum atomic E-state index is -3.16. The summed E-state index contributed by atoms with van der Waals surface area (Å²) in [6, 6.07) is 1.32. The lowest BCUT2D eigenvalue weighted by atomic mass is 10.3. The lowest BCUT2D eigenvalue weighted by Crippen LogP contribution is -2.35. The van der Waals surface area contributed by atoms with Crippen molar-refractivity contribution in [1.82, 2.24) is 5.32 Å². The maximum atomic E-state index is 12.0. The Morgan fingerprint density at radius 2 is 2.28 bits per heavy atom. The Labute approximate surface area is 109 Å². The van der Waals surface area contributed by atoms with Crippen LogP contribution in [-0.4, -0.2) is 33.2 Å². The Balaban J connectivity index is 2.11. The maximum absolute atomic E-state index is 12.0. The van der Waals surface area contributed by atoms with Crippen molar-refractivity contribution < 1.29 is 17.9 Å². The fourth-order valence-corrected chi connectivity index (χ4v) is 3.82. The standard InChI is InChI=1S/C11H13NO4S2/c1-7-5-9(16-2)10(17-7)11(13)12-8-3-4-18(14,15)6-8/h3-5,8H,6H2,1-2H3,(H,12,13)/t8-/m0/s1. The molecule has 1 aliphatic rings. The largest absolute Gasteiger partial charge is 0.495 e. The molecule has 0 saturated carbocycles. The van der Waals surface area contributed by atoms with Crippen LogP contribution < -0.4 is 10.1 Å². The lowest BCUT2D eigenvalue weighted by Gasteiger charge is -2.09. The summed E-state index contributed by atoms with van der Waals surface area (Å²) in [5.41, 5.74) is 0. The molecule has 1 aliphatic heterocycles. The summed E-state index contributed by atoms with van der Waals surface area (Å²) in [7, 11) is -1.66. The predicted octanol–water partition coefficient (Wildman–Crippen LogP) is 1.11. The van der Waals surface area contributed by atoms with Crippen molar-refractivity contribution in [3.8, 4) is 5.75 Å². The molecule has 1 amide bonds. The molecular weight excluding hydrogens is 274 g/mol. The molecule has 18 heavy (non-hydrogen) atoms. The molecular formula is C11H13NO4S2. The summed E-state index contributed by atoms with van der Waals surface area (Å²) in [6.45, 7) is 1.88. The Kier molecular flexibility index (Phi) is 3.45. The van der Waals surface area contributed by atoms with E-state index in [1.807, 2.05) is 6.92 Å². The van der Waals surface area contributed by atoms with E-state index in [-0.39, 0.29) is 11.7 Å². The molecule has 5 nitrogen and oxygen atoms in total. The molecule has 2 rings (SSSR count). The van der Waals surface area contributed by atoms with E-state index < -0.39 is 15.9 Å². The number of aryl methyl sites for hydroxylation is 1. The van der Waals surface area contributed by atoms with Crippen LogP contribution in [0.3, 0.4) is 0 Å². The summed E-state index contributed by atoms with van der Waals surface area (Å²) in [5, 5.41) is 3.80. The molecule has 2 heterocycles. The fraction of sp³-hybridized carbons (Fsp3) is 0.364. The summed E-state index contributed by atoms with van der Waals surface area (Å²) >= 11 is 1.32. The zero-order chi connectivity index (χ0) is 13.3. The van der Waals surface area contributed by atoms with Gasteiger partial charge in [-0.3, -0.25) is 4.79 Å². The summed E-state index contributed by atoms with van der Waals surface area (Å²) in [4.78, 5) is 13.4. The van der Waals surface area contributed by atoms with Gasteiger partial charge in [-0.05, 0) is 19.1 Å². The molecule has 0 unspecified atom stereocenters. The van der Waals surface area contributed by atoms with Gasteiger partial charge < -0.3 is 10.1 Å². The number of nitrogens with one attached hydrogen (secondary N) is 1. The molecule has 98 valence electrons. The number of rotatable bonds is 3. The minimum absolute atomic E-state index is 0.0780. The van der Waals surface area contributed by atoms with E-state index in [9.17, 15) is 13.2 Å². The number of amides is 1. The highest BCUT2D eigenvalue weighted by atomic mass is 32.2. The van der Waals surface area contributed by atoms with E-state index in [1.54, 1.807) is 6.07 Å². The normalized spacial score (nSPS) is 20.9. The number of methoxy groups -OCH3 is 1. The van der Waals surface area contributed by atoms with Gasteiger partial charge in [0.15, 0.2) is 9.84 Å². The number of ether oxygens (including phenoxy) is 1. The van der Waals surface area contributed by atoms with Crippen LogP contribution >= 0.6 is 11.3 Å². The number of hydrogen-bond donors (Lipinski definition) is 1. The first-order chi connectivity index (χ1) is 8.41. The van der Waals surface area contributed by atoms with Gasteiger partial charge in [0, 0.05) is 10.3 Å². The second-order valence-electron chi connectivity index (χ2n) is 3.99. The number of hydrogen-bond acceptors (Lipinski definition) is 5. The highest BCUT2D eigenvalue weighted by molar-refractivity contribution is 7.94. The molecule has 0 aromatic carbocycles. The van der Waals surface area contributed by atoms with Crippen LogP contribution in [0.15, 0.2) is 17.6 Å². The van der Waals surface area contributed by atoms with Gasteiger partial charge in [-0.15, -0.1) is 11.3 Å². The smallest absolute Gasteiger partial charge is 0.265 e. The highest BCUT2D eigenvalue weighted by Crippen LogP contribution is 2.28. The van der Waals surface area contributed by atoms with Crippen molar-refractivity contribution in [2.75, 3.05) is 12.9 Å². The third-order valence-corrected chi connectivity index (χ3v) is 4.92. The molecule has 0 bridgehead atoms. The zero-order valence-electron chi connectivity index (χ0n) is 9.97. The third-order valence-electron chi connectivity index (χ3n) is 2.49. The molecule has 0 aliphatic carbocycles. The molecule has 0 spiro atoms. The van der Waals surface area contributed by atoms with Crippen LogP contribution in [0.2, 0.25) is 0 Å². The molecule has 0 fully saturated rings. The number of carbonyl (C=O) groups excluding carboxylic acids is 1. The first-order valence-electron chi connectivity index (χ1n) is 5.27. The van der Waals surface area contributed by atoms with Crippen molar-refractivity contribution in [2.45, 2.75) is 13.0 Å². The van der Waals surface area contributed by atoms with Gasteiger partial charge in [-0.25, -0.2) is 8.42 Å². The van der Waals surface area contributed by atoms with Gasteiger partial charge in [0.2, 0.25) is 0 Å². The molecule has 1 N–H and O–H groups in total. The Morgan fingerprint density at radius 3 is 2.83 bits per heavy atom. The van der Waals surface area contributed by atoms with Gasteiger partial charge in [-0.1, -0.05) is 0 Å². The van der Waals surface area contributed by atoms with Gasteiger partial charge in [0.25, 0.3) is 5.91 Å². The van der Waals surface area contributed by atoms with Crippen molar-refractivity contribution >= 4 is 27.1 Å². The van der Waals surface area contributed by atoms with Crippen LogP contribution in [0, 0.1) is 6.92 Å². The fourth-order valence-electron chi connectivity index (χ4n) is 1.70. The Hall–Kier alpha value is -1.34. The van der Waals surface area contributed by atoms with Gasteiger partial charge in [-0.2, -0.15) is 0 Å². The number of thiophene rings is 1. The van der Waals surface area contributed by atoms with Gasteiger partial charge >= 0.3 is 0 Å². The van der Waals surface area contributed by atoms with Crippen molar-refractivity contribution in [3.63, 3.8) is 0 Å². The summed E-state index contributed by atoms with van der Waals surface area (Å²) < 4.78 is 27.6. The van der Waals surface area contributed by atoms with E-state index in [0.29, 0.717) is 10.6 Å². The number of carbonyl (C=O) groups is 1. The highest BCUT2D eigenvalue weighted by Gasteiger charge is 2.25. The minimum Gasteiger partial charge on any atom is -0.495 e. The second-order valence-corrected chi connectivity index (χ2v) is 7.18. The van der Waals surface area contributed by atoms with Crippen molar-refractivity contribution in [3.05, 3.63) is 27.3 Å². The van der Waals surface area contributed by atoms with Crippen LogP contribution in [0.1, 0.15) is 14.5 Å². The number of sulfone groups is 1. The lowest BCUT2D eigenvalue weighted by molar-refractivity contribution is 0.0949. The van der Waals surface area contributed by atoms with E-state index in [4.69, 9.17) is 4.74 Å². The van der Waals surface area contributed by atoms with Crippen molar-refractivity contribution in [1.29, 1.82) is 0 Å². The van der Waals surface area contributed by atoms with E-state index in [1.165, 1.54) is 24.5 Å². The first-order valence-corrected chi connectivity index (χ1v) is 7.81. The Bertz CT molecular complexity index is 601. The molecule has 1 atom stereocenters.